The predicted molar refractivity (Wildman–Crippen MR) is 126 cm³/mol. The normalized spacial score (nSPS) is 47.6. The molecule has 0 radical (unpaired) electrons. The summed E-state index contributed by atoms with van der Waals surface area (Å²) in [5, 5.41) is 14.2. The molecule has 10 atom stereocenters. The van der Waals surface area contributed by atoms with Crippen molar-refractivity contribution in [3.63, 3.8) is 0 Å². The van der Waals surface area contributed by atoms with Crippen LogP contribution >= 0.6 is 0 Å². The minimum Gasteiger partial charge on any atom is -0.297 e. The Morgan fingerprint density at radius 1 is 1.06 bits per heavy atom. The first-order chi connectivity index (χ1) is 16.0. The van der Waals surface area contributed by atoms with E-state index in [-0.39, 0.29) is 11.3 Å². The van der Waals surface area contributed by atoms with Crippen LogP contribution in [-0.2, 0) is 11.3 Å². The Kier molecular flexibility index (Phi) is 4.51. The van der Waals surface area contributed by atoms with Crippen molar-refractivity contribution in [1.82, 2.24) is 9.78 Å². The number of nitriles is 1. The van der Waals surface area contributed by atoms with Crippen LogP contribution in [0.3, 0.4) is 0 Å². The summed E-state index contributed by atoms with van der Waals surface area (Å²) in [6, 6.07) is 2.31. The number of hydrogen-bond donors (Lipinski definition) is 0. The van der Waals surface area contributed by atoms with E-state index in [4.69, 9.17) is 5.10 Å². The van der Waals surface area contributed by atoms with E-state index in [1.165, 1.54) is 51.4 Å². The molecule has 0 aliphatic heterocycles. The second-order valence-corrected chi connectivity index (χ2v) is 13.3. The fourth-order valence-corrected chi connectivity index (χ4v) is 10.2. The summed E-state index contributed by atoms with van der Waals surface area (Å²) >= 11 is 0. The van der Waals surface area contributed by atoms with Crippen LogP contribution in [-0.4, -0.2) is 15.6 Å². The Morgan fingerprint density at radius 2 is 1.88 bits per heavy atom. The molecule has 0 N–H and O–H groups in total. The Hall–Kier alpha value is -1.63. The summed E-state index contributed by atoms with van der Waals surface area (Å²) in [4.78, 5) is 13.8. The van der Waals surface area contributed by atoms with E-state index in [0.29, 0.717) is 29.7 Å². The monoisotopic (exact) mass is 445 g/mol. The van der Waals surface area contributed by atoms with Crippen LogP contribution in [0.5, 0.6) is 0 Å². The number of hydrogen-bond acceptors (Lipinski definition) is 3. The van der Waals surface area contributed by atoms with Crippen LogP contribution in [0.4, 0.5) is 0 Å². The van der Waals surface area contributed by atoms with Crippen molar-refractivity contribution in [2.45, 2.75) is 90.5 Å². The van der Waals surface area contributed by atoms with Crippen LogP contribution < -0.4 is 0 Å². The first-order valence-corrected chi connectivity index (χ1v) is 14.0. The summed E-state index contributed by atoms with van der Waals surface area (Å²) < 4.78 is 1.81. The molecule has 0 aromatic carbocycles. The molecule has 0 amide bonds. The molecule has 6 aliphatic rings. The van der Waals surface area contributed by atoms with Crippen LogP contribution in [0.2, 0.25) is 0 Å². The van der Waals surface area contributed by atoms with Crippen LogP contribution in [0, 0.1) is 70.0 Å². The van der Waals surface area contributed by atoms with E-state index in [2.05, 4.69) is 19.9 Å². The van der Waals surface area contributed by atoms with E-state index in [1.54, 1.807) is 0 Å². The number of fused-ring (bicyclic) bond motifs is 7. The zero-order valence-corrected chi connectivity index (χ0v) is 20.4. The SMILES string of the molecule is CC1CCC2C(CCC3C2CCC2(C)C(C(=O)Cn4cc(C#N)c(C5CC5)n4)C4CC4C32)C1. The molecule has 1 aromatic heterocycles. The van der Waals surface area contributed by atoms with Crippen molar-refractivity contribution in [2.75, 3.05) is 0 Å². The number of Topliss-reactive ketones (excluding diaryl/α,β-unsaturated/α-hetero) is 1. The molecule has 0 bridgehead atoms. The molecule has 176 valence electrons. The van der Waals surface area contributed by atoms with Gasteiger partial charge in [-0.05, 0) is 111 Å². The van der Waals surface area contributed by atoms with E-state index >= 15 is 0 Å². The molecule has 6 aliphatic carbocycles. The summed E-state index contributed by atoms with van der Waals surface area (Å²) in [6.45, 7) is 5.33. The molecule has 33 heavy (non-hydrogen) atoms. The zero-order chi connectivity index (χ0) is 22.5. The zero-order valence-electron chi connectivity index (χ0n) is 20.4. The van der Waals surface area contributed by atoms with Crippen molar-refractivity contribution < 1.29 is 4.79 Å². The topological polar surface area (TPSA) is 58.7 Å². The van der Waals surface area contributed by atoms with Gasteiger partial charge in [0.05, 0.1) is 17.8 Å². The van der Waals surface area contributed by atoms with Gasteiger partial charge in [-0.15, -0.1) is 0 Å². The Balaban J connectivity index is 1.12. The largest absolute Gasteiger partial charge is 0.297 e. The van der Waals surface area contributed by atoms with Gasteiger partial charge in [-0.2, -0.15) is 10.4 Å². The Labute approximate surface area is 198 Å². The molecule has 1 heterocycles. The average Bonchev–Trinajstić information content (AvgIpc) is 3.72. The quantitative estimate of drug-likeness (QED) is 0.574. The highest BCUT2D eigenvalue weighted by atomic mass is 16.1. The second kappa shape index (κ2) is 7.19. The third-order valence-electron chi connectivity index (χ3n) is 11.5. The molecule has 0 saturated heterocycles. The highest BCUT2D eigenvalue weighted by Crippen LogP contribution is 2.74. The molecule has 10 unspecified atom stereocenters. The third kappa shape index (κ3) is 3.06. The van der Waals surface area contributed by atoms with Gasteiger partial charge in [0.1, 0.15) is 6.07 Å². The number of carbonyl (C=O) groups is 1. The molecule has 6 saturated carbocycles. The van der Waals surface area contributed by atoms with E-state index in [1.807, 2.05) is 10.9 Å². The molecule has 1 aromatic rings. The minimum atomic E-state index is 0.200. The van der Waals surface area contributed by atoms with Crippen LogP contribution in [0.15, 0.2) is 6.20 Å². The van der Waals surface area contributed by atoms with Gasteiger partial charge in [0.25, 0.3) is 0 Å². The maximum atomic E-state index is 13.8. The smallest absolute Gasteiger partial charge is 0.158 e. The molecule has 7 rings (SSSR count). The molecule has 6 fully saturated rings. The number of rotatable bonds is 4. The molecular formula is C29H39N3O. The van der Waals surface area contributed by atoms with Crippen LogP contribution in [0.25, 0.3) is 0 Å². The Morgan fingerprint density at radius 3 is 2.67 bits per heavy atom. The average molecular weight is 446 g/mol. The second-order valence-electron chi connectivity index (χ2n) is 13.3. The summed E-state index contributed by atoms with van der Waals surface area (Å²) in [5.41, 5.74) is 1.82. The summed E-state index contributed by atoms with van der Waals surface area (Å²) in [7, 11) is 0. The Bertz CT molecular complexity index is 1020. The number of ketones is 1. The standard InChI is InChI=1S/C29H39N3O/c1-16-3-7-20-18(11-16)6-8-22-21(20)9-10-29(2)26(22)23-12-24(23)27(29)25(33)15-32-14-19(13-30)28(31-32)17-4-5-17/h14,16-18,20-24,26-27H,3-12,15H2,1-2H3. The number of carbonyl (C=O) groups excluding carboxylic acids is 1. The lowest BCUT2D eigenvalue weighted by Gasteiger charge is -2.57. The van der Waals surface area contributed by atoms with Crippen LogP contribution in [0.1, 0.15) is 95.2 Å². The lowest BCUT2D eigenvalue weighted by atomic mass is 9.48. The highest BCUT2D eigenvalue weighted by molar-refractivity contribution is 5.83. The fraction of sp³-hybridized carbons (Fsp3) is 0.828. The van der Waals surface area contributed by atoms with Gasteiger partial charge >= 0.3 is 0 Å². The molecule has 4 nitrogen and oxygen atoms in total. The van der Waals surface area contributed by atoms with Gasteiger partial charge in [0, 0.05) is 18.0 Å². The predicted octanol–water partition coefficient (Wildman–Crippen LogP) is 5.96. The lowest BCUT2D eigenvalue weighted by Crippen LogP contribution is -2.51. The van der Waals surface area contributed by atoms with E-state index < -0.39 is 0 Å². The number of aromatic nitrogens is 2. The first kappa shape index (κ1) is 20.7. The van der Waals surface area contributed by atoms with E-state index in [9.17, 15) is 10.1 Å². The van der Waals surface area contributed by atoms with Gasteiger partial charge in [-0.3, -0.25) is 9.48 Å². The molecular weight excluding hydrogens is 406 g/mol. The third-order valence-corrected chi connectivity index (χ3v) is 11.5. The van der Waals surface area contributed by atoms with Gasteiger partial charge < -0.3 is 0 Å². The maximum Gasteiger partial charge on any atom is 0.158 e. The summed E-state index contributed by atoms with van der Waals surface area (Å²) in [5.74, 6) is 8.01. The minimum absolute atomic E-state index is 0.200. The van der Waals surface area contributed by atoms with Gasteiger partial charge in [0.15, 0.2) is 5.78 Å². The van der Waals surface area contributed by atoms with Crippen molar-refractivity contribution in [1.29, 1.82) is 5.26 Å². The lowest BCUT2D eigenvalue weighted by molar-refractivity contribution is -0.134. The maximum absolute atomic E-state index is 13.8. The van der Waals surface area contributed by atoms with Gasteiger partial charge in [-0.1, -0.05) is 20.3 Å². The van der Waals surface area contributed by atoms with Gasteiger partial charge in [-0.25, -0.2) is 0 Å². The van der Waals surface area contributed by atoms with Crippen molar-refractivity contribution in [3.05, 3.63) is 17.5 Å². The van der Waals surface area contributed by atoms with Crippen molar-refractivity contribution in [2.24, 2.45) is 58.7 Å². The van der Waals surface area contributed by atoms with Crippen molar-refractivity contribution in [3.8, 4) is 6.07 Å². The molecule has 4 heteroatoms. The van der Waals surface area contributed by atoms with Crippen molar-refractivity contribution >= 4 is 5.78 Å². The van der Waals surface area contributed by atoms with Gasteiger partial charge in [0.2, 0.25) is 0 Å². The first-order valence-electron chi connectivity index (χ1n) is 14.0. The van der Waals surface area contributed by atoms with E-state index in [0.717, 1.165) is 60.0 Å². The summed E-state index contributed by atoms with van der Waals surface area (Å²) in [6.07, 6.45) is 15.3. The molecule has 0 spiro atoms. The number of nitrogens with zero attached hydrogens (tertiary/aromatic N) is 3. The highest BCUT2D eigenvalue weighted by Gasteiger charge is 2.70. The fourth-order valence-electron chi connectivity index (χ4n) is 10.2.